The van der Waals surface area contributed by atoms with Crippen molar-refractivity contribution in [2.75, 3.05) is 44.2 Å². The van der Waals surface area contributed by atoms with Crippen LogP contribution < -0.4 is 4.90 Å². The smallest absolute Gasteiger partial charge is 0.371 e. The van der Waals surface area contributed by atoms with Gasteiger partial charge in [-0.3, -0.25) is 24.1 Å². The highest BCUT2D eigenvalue weighted by Crippen LogP contribution is 2.36. The number of carbonyl (C=O) groups excluding carboxylic acids is 4. The number of alkyl halides is 3. The molecule has 0 N–H and O–H groups in total. The van der Waals surface area contributed by atoms with Crippen LogP contribution in [-0.2, 0) is 22.3 Å². The molecule has 11 heteroatoms. The first-order chi connectivity index (χ1) is 20.5. The summed E-state index contributed by atoms with van der Waals surface area (Å²) < 4.78 is 39.6. The first kappa shape index (κ1) is 30.6. The Labute approximate surface area is 249 Å². The van der Waals surface area contributed by atoms with E-state index >= 15 is 0 Å². The minimum atomic E-state index is -4.53. The van der Waals surface area contributed by atoms with E-state index in [-0.39, 0.29) is 46.9 Å². The largest absolute Gasteiger partial charge is 0.416 e. The lowest BCUT2D eigenvalue weighted by Gasteiger charge is -2.39. The van der Waals surface area contributed by atoms with Gasteiger partial charge < -0.3 is 14.7 Å². The molecule has 0 bridgehead atoms. The lowest BCUT2D eigenvalue weighted by molar-refractivity contribution is -0.143. The predicted molar refractivity (Wildman–Crippen MR) is 154 cm³/mol. The maximum Gasteiger partial charge on any atom is 0.416 e. The van der Waals surface area contributed by atoms with E-state index in [1.54, 1.807) is 18.2 Å². The minimum absolute atomic E-state index is 0.0634. The molecular weight excluding hydrogens is 561 g/mol. The van der Waals surface area contributed by atoms with Crippen molar-refractivity contribution in [1.82, 2.24) is 14.7 Å². The van der Waals surface area contributed by atoms with E-state index in [0.29, 0.717) is 57.8 Å². The highest BCUT2D eigenvalue weighted by Gasteiger charge is 2.40. The molecule has 2 aromatic carbocycles. The number of benzene rings is 2. The normalized spacial score (nSPS) is 19.6. The van der Waals surface area contributed by atoms with Crippen LogP contribution in [0.3, 0.4) is 0 Å². The molecule has 4 amide bonds. The Bertz CT molecular complexity index is 1400. The molecule has 0 aromatic heterocycles. The zero-order valence-electron chi connectivity index (χ0n) is 24.5. The van der Waals surface area contributed by atoms with Crippen LogP contribution in [-0.4, -0.2) is 77.6 Å². The van der Waals surface area contributed by atoms with Crippen LogP contribution in [0.1, 0.15) is 71.4 Å². The molecule has 0 aliphatic carbocycles. The quantitative estimate of drug-likeness (QED) is 0.427. The summed E-state index contributed by atoms with van der Waals surface area (Å²) in [5.41, 5.74) is 0.443. The van der Waals surface area contributed by atoms with Crippen molar-refractivity contribution in [2.24, 2.45) is 11.8 Å². The van der Waals surface area contributed by atoms with Crippen LogP contribution in [0.2, 0.25) is 0 Å². The van der Waals surface area contributed by atoms with Crippen LogP contribution in [0.4, 0.5) is 18.9 Å². The van der Waals surface area contributed by atoms with Crippen molar-refractivity contribution in [1.29, 1.82) is 0 Å². The Morgan fingerprint density at radius 2 is 1.60 bits per heavy atom. The minimum Gasteiger partial charge on any atom is -0.371 e. The molecule has 8 nitrogen and oxygen atoms in total. The third kappa shape index (κ3) is 6.12. The summed E-state index contributed by atoms with van der Waals surface area (Å²) in [6, 6.07) is 9.67. The molecule has 0 unspecified atom stereocenters. The van der Waals surface area contributed by atoms with Crippen molar-refractivity contribution in [3.63, 3.8) is 0 Å². The summed E-state index contributed by atoms with van der Waals surface area (Å²) in [6.45, 7) is 7.07. The van der Waals surface area contributed by atoms with Crippen LogP contribution in [0.25, 0.3) is 0 Å². The van der Waals surface area contributed by atoms with Crippen molar-refractivity contribution in [3.05, 3.63) is 64.7 Å². The van der Waals surface area contributed by atoms with Crippen molar-refractivity contribution < 1.29 is 32.3 Å². The fourth-order valence-electron chi connectivity index (χ4n) is 6.55. The number of imide groups is 1. The molecule has 1 atom stereocenters. The number of hydrogen-bond acceptors (Lipinski definition) is 5. The number of nitrogens with zero attached hydrogens (tertiary/aromatic N) is 4. The predicted octanol–water partition coefficient (Wildman–Crippen LogP) is 4.83. The van der Waals surface area contributed by atoms with E-state index < -0.39 is 23.6 Å². The number of hydrogen-bond donors (Lipinski definition) is 0. The number of anilines is 1. The zero-order valence-corrected chi connectivity index (χ0v) is 24.5. The second-order valence-electron chi connectivity index (χ2n) is 11.5. The standard InChI is InChI=1S/C32H37F3N4O4/c1-3-36(4-2)29(41)23-9-7-15-38(20-23)28(40)22-13-16-37(17-14-22)26-12-6-11-25-27(26)31(43)39(30(25)42)19-21-8-5-10-24(18-21)32(33,34)35/h5-6,8,10-12,18,22-23H,3-4,7,9,13-17,19-20H2,1-2H3/t23-/m1/s1. The van der Waals surface area contributed by atoms with Gasteiger partial charge in [0, 0.05) is 45.2 Å². The van der Waals surface area contributed by atoms with E-state index in [0.717, 1.165) is 29.9 Å². The monoisotopic (exact) mass is 598 g/mol. The molecule has 5 rings (SSSR count). The molecule has 2 aromatic rings. The van der Waals surface area contributed by atoms with Gasteiger partial charge in [0.05, 0.1) is 34.8 Å². The van der Waals surface area contributed by atoms with Gasteiger partial charge in [-0.15, -0.1) is 0 Å². The molecule has 0 saturated carbocycles. The second-order valence-corrected chi connectivity index (χ2v) is 11.5. The van der Waals surface area contributed by atoms with Crippen molar-refractivity contribution in [3.8, 4) is 0 Å². The molecule has 43 heavy (non-hydrogen) atoms. The van der Waals surface area contributed by atoms with E-state index in [2.05, 4.69) is 0 Å². The summed E-state index contributed by atoms with van der Waals surface area (Å²) in [7, 11) is 0. The average Bonchev–Trinajstić information content (AvgIpc) is 3.26. The Kier molecular flexibility index (Phi) is 8.80. The summed E-state index contributed by atoms with van der Waals surface area (Å²) >= 11 is 0. The van der Waals surface area contributed by atoms with Crippen LogP contribution in [0.15, 0.2) is 42.5 Å². The fraction of sp³-hybridized carbons (Fsp3) is 0.500. The topological polar surface area (TPSA) is 81.2 Å². The Hall–Kier alpha value is -3.89. The van der Waals surface area contributed by atoms with Gasteiger partial charge in [0.2, 0.25) is 11.8 Å². The van der Waals surface area contributed by atoms with E-state index in [1.807, 2.05) is 28.5 Å². The first-order valence-corrected chi connectivity index (χ1v) is 15.0. The van der Waals surface area contributed by atoms with Crippen molar-refractivity contribution >= 4 is 29.3 Å². The number of fused-ring (bicyclic) bond motifs is 1. The molecule has 3 heterocycles. The van der Waals surface area contributed by atoms with E-state index in [4.69, 9.17) is 0 Å². The summed E-state index contributed by atoms with van der Waals surface area (Å²) in [5, 5.41) is 0. The lowest BCUT2D eigenvalue weighted by atomic mass is 9.91. The van der Waals surface area contributed by atoms with Gasteiger partial charge in [-0.05, 0) is 69.4 Å². The Balaban J connectivity index is 1.24. The van der Waals surface area contributed by atoms with Gasteiger partial charge in [-0.1, -0.05) is 18.2 Å². The Morgan fingerprint density at radius 1 is 0.907 bits per heavy atom. The highest BCUT2D eigenvalue weighted by molar-refractivity contribution is 6.23. The SMILES string of the molecule is CCN(CC)C(=O)[C@@H]1CCCN(C(=O)C2CCN(c3cccc4c3C(=O)N(Cc3cccc(C(F)(F)F)c3)C4=O)CC2)C1. The fourth-order valence-corrected chi connectivity index (χ4v) is 6.55. The second kappa shape index (κ2) is 12.4. The third-order valence-corrected chi connectivity index (χ3v) is 8.91. The van der Waals surface area contributed by atoms with Gasteiger partial charge >= 0.3 is 6.18 Å². The van der Waals surface area contributed by atoms with E-state index in [9.17, 15) is 32.3 Å². The molecule has 0 radical (unpaired) electrons. The Morgan fingerprint density at radius 3 is 2.28 bits per heavy atom. The van der Waals surface area contributed by atoms with Crippen LogP contribution in [0.5, 0.6) is 0 Å². The van der Waals surface area contributed by atoms with Gasteiger partial charge in [0.25, 0.3) is 11.8 Å². The summed E-state index contributed by atoms with van der Waals surface area (Å²) in [5.74, 6) is -1.27. The van der Waals surface area contributed by atoms with Crippen molar-refractivity contribution in [2.45, 2.75) is 52.3 Å². The molecule has 3 aliphatic rings. The first-order valence-electron chi connectivity index (χ1n) is 15.0. The van der Waals surface area contributed by atoms with Crippen LogP contribution in [0, 0.1) is 11.8 Å². The zero-order chi connectivity index (χ0) is 30.9. The lowest BCUT2D eigenvalue weighted by Crippen LogP contribution is -2.49. The highest BCUT2D eigenvalue weighted by atomic mass is 19.4. The number of piperidine rings is 2. The molecule has 2 fully saturated rings. The molecular formula is C32H37F3N4O4. The molecule has 230 valence electrons. The summed E-state index contributed by atoms with van der Waals surface area (Å²) in [4.78, 5) is 59.7. The van der Waals surface area contributed by atoms with Gasteiger partial charge in [0.15, 0.2) is 0 Å². The van der Waals surface area contributed by atoms with Gasteiger partial charge in [-0.25, -0.2) is 0 Å². The number of halogens is 3. The molecule has 2 saturated heterocycles. The maximum absolute atomic E-state index is 13.5. The number of amides is 4. The van der Waals surface area contributed by atoms with E-state index in [1.165, 1.54) is 12.1 Å². The average molecular weight is 599 g/mol. The number of rotatable bonds is 7. The molecule has 3 aliphatic heterocycles. The number of likely N-dealkylation sites (tertiary alicyclic amines) is 1. The number of carbonyl (C=O) groups is 4. The van der Waals surface area contributed by atoms with Gasteiger partial charge in [0.1, 0.15) is 0 Å². The van der Waals surface area contributed by atoms with Gasteiger partial charge in [-0.2, -0.15) is 13.2 Å². The van der Waals surface area contributed by atoms with Crippen LogP contribution >= 0.6 is 0 Å². The summed E-state index contributed by atoms with van der Waals surface area (Å²) in [6.07, 6.45) is -1.80. The maximum atomic E-state index is 13.5. The third-order valence-electron chi connectivity index (χ3n) is 8.91. The molecule has 0 spiro atoms.